The van der Waals surface area contributed by atoms with Crippen LogP contribution in [0.2, 0.25) is 0 Å². The van der Waals surface area contributed by atoms with Crippen molar-refractivity contribution >= 4 is 10.9 Å². The Balaban J connectivity index is 2.36. The van der Waals surface area contributed by atoms with Gasteiger partial charge in [0.25, 0.3) is 0 Å². The van der Waals surface area contributed by atoms with Gasteiger partial charge < -0.3 is 4.98 Å². The molecule has 0 unspecified atom stereocenters. The number of hydrogen-bond acceptors (Lipinski definition) is 3. The second-order valence-corrected chi connectivity index (χ2v) is 3.21. The molecule has 0 aliphatic carbocycles. The van der Waals surface area contributed by atoms with E-state index < -0.39 is 0 Å². The first-order valence-corrected chi connectivity index (χ1v) is 4.65. The number of imidazole rings is 1. The zero-order valence-electron chi connectivity index (χ0n) is 7.88. The molecule has 0 atom stereocenters. The molecule has 4 nitrogen and oxygen atoms in total. The third-order valence-corrected chi connectivity index (χ3v) is 2.30. The first kappa shape index (κ1) is 8.11. The maximum atomic E-state index is 4.21. The van der Waals surface area contributed by atoms with Gasteiger partial charge >= 0.3 is 0 Å². The van der Waals surface area contributed by atoms with E-state index in [2.05, 4.69) is 20.2 Å². The van der Waals surface area contributed by atoms with Crippen molar-refractivity contribution in [1.82, 2.24) is 20.2 Å². The van der Waals surface area contributed by atoms with Crippen molar-refractivity contribution in [3.8, 4) is 11.4 Å². The molecule has 0 radical (unpaired) electrons. The Morgan fingerprint density at radius 2 is 2.07 bits per heavy atom. The number of aromatic amines is 1. The molecule has 1 aromatic carbocycles. The Bertz CT molecular complexity index is 581. The van der Waals surface area contributed by atoms with Crippen LogP contribution < -0.4 is 0 Å². The highest BCUT2D eigenvalue weighted by molar-refractivity contribution is 5.91. The van der Waals surface area contributed by atoms with Crippen LogP contribution in [-0.2, 0) is 0 Å². The van der Waals surface area contributed by atoms with Crippen LogP contribution in [0.15, 0.2) is 42.9 Å². The molecule has 4 heteroatoms. The highest BCUT2D eigenvalue weighted by Gasteiger charge is 2.05. The lowest BCUT2D eigenvalue weighted by Gasteiger charge is -2.00. The fourth-order valence-electron chi connectivity index (χ4n) is 1.61. The largest absolute Gasteiger partial charge is 0.345 e. The molecule has 15 heavy (non-hydrogen) atoms. The SMILES string of the molecule is c1ccc2c(-c3ncc[nH]3)cnnc2c1. The number of hydrogen-bond donors (Lipinski definition) is 1. The zero-order chi connectivity index (χ0) is 10.1. The van der Waals surface area contributed by atoms with Crippen molar-refractivity contribution in [2.45, 2.75) is 0 Å². The fraction of sp³-hybridized carbons (Fsp3) is 0. The quantitative estimate of drug-likeness (QED) is 0.647. The summed E-state index contributed by atoms with van der Waals surface area (Å²) in [6.45, 7) is 0. The molecule has 0 spiro atoms. The molecule has 0 fully saturated rings. The van der Waals surface area contributed by atoms with Crippen LogP contribution >= 0.6 is 0 Å². The highest BCUT2D eigenvalue weighted by atomic mass is 15.1. The lowest BCUT2D eigenvalue weighted by Crippen LogP contribution is -1.88. The molecule has 0 saturated carbocycles. The van der Waals surface area contributed by atoms with E-state index in [1.165, 1.54) is 0 Å². The van der Waals surface area contributed by atoms with Gasteiger partial charge in [-0.05, 0) is 6.07 Å². The van der Waals surface area contributed by atoms with Crippen LogP contribution in [0.3, 0.4) is 0 Å². The Morgan fingerprint density at radius 1 is 1.13 bits per heavy atom. The molecule has 0 bridgehead atoms. The first-order chi connectivity index (χ1) is 7.45. The second-order valence-electron chi connectivity index (χ2n) is 3.21. The average Bonchev–Trinajstić information content (AvgIpc) is 2.82. The Morgan fingerprint density at radius 3 is 2.93 bits per heavy atom. The van der Waals surface area contributed by atoms with Gasteiger partial charge in [0.2, 0.25) is 0 Å². The van der Waals surface area contributed by atoms with Crippen molar-refractivity contribution in [2.24, 2.45) is 0 Å². The molecule has 0 aliphatic heterocycles. The van der Waals surface area contributed by atoms with Gasteiger partial charge in [-0.3, -0.25) is 0 Å². The molecule has 1 N–H and O–H groups in total. The zero-order valence-corrected chi connectivity index (χ0v) is 7.88. The number of benzene rings is 1. The summed E-state index contributed by atoms with van der Waals surface area (Å²) in [6.07, 6.45) is 5.25. The number of rotatable bonds is 1. The van der Waals surface area contributed by atoms with Crippen molar-refractivity contribution in [2.75, 3.05) is 0 Å². The summed E-state index contributed by atoms with van der Waals surface area (Å²) in [6, 6.07) is 7.88. The average molecular weight is 196 g/mol. The van der Waals surface area contributed by atoms with Gasteiger partial charge in [-0.1, -0.05) is 18.2 Å². The Labute approximate surface area is 86.0 Å². The second kappa shape index (κ2) is 3.16. The summed E-state index contributed by atoms with van der Waals surface area (Å²) in [4.78, 5) is 7.28. The number of fused-ring (bicyclic) bond motifs is 1. The fourth-order valence-corrected chi connectivity index (χ4v) is 1.61. The third kappa shape index (κ3) is 1.27. The number of aromatic nitrogens is 4. The molecule has 72 valence electrons. The molecule has 0 amide bonds. The normalized spacial score (nSPS) is 10.7. The van der Waals surface area contributed by atoms with Crippen LogP contribution in [0.25, 0.3) is 22.3 Å². The summed E-state index contributed by atoms with van der Waals surface area (Å²) in [5, 5.41) is 9.08. The molecule has 3 aromatic rings. The molecule has 3 rings (SSSR count). The van der Waals surface area contributed by atoms with Crippen molar-refractivity contribution in [3.63, 3.8) is 0 Å². The molecule has 2 heterocycles. The van der Waals surface area contributed by atoms with E-state index in [9.17, 15) is 0 Å². The van der Waals surface area contributed by atoms with Gasteiger partial charge in [-0.2, -0.15) is 10.2 Å². The summed E-state index contributed by atoms with van der Waals surface area (Å²) in [7, 11) is 0. The van der Waals surface area contributed by atoms with E-state index in [4.69, 9.17) is 0 Å². The molecular formula is C11H8N4. The predicted molar refractivity (Wildman–Crippen MR) is 57.1 cm³/mol. The van der Waals surface area contributed by atoms with Crippen molar-refractivity contribution in [3.05, 3.63) is 42.9 Å². The summed E-state index contributed by atoms with van der Waals surface area (Å²) in [5.74, 6) is 0.820. The molecule has 0 saturated heterocycles. The molecular weight excluding hydrogens is 188 g/mol. The van der Waals surface area contributed by atoms with Gasteiger partial charge in [0.15, 0.2) is 0 Å². The van der Waals surface area contributed by atoms with Crippen LogP contribution in [0.4, 0.5) is 0 Å². The topological polar surface area (TPSA) is 54.5 Å². The van der Waals surface area contributed by atoms with Crippen LogP contribution in [0.1, 0.15) is 0 Å². The highest BCUT2D eigenvalue weighted by Crippen LogP contribution is 2.22. The van der Waals surface area contributed by atoms with Gasteiger partial charge in [0.1, 0.15) is 5.82 Å². The van der Waals surface area contributed by atoms with Crippen LogP contribution in [0, 0.1) is 0 Å². The Hall–Kier alpha value is -2.23. The van der Waals surface area contributed by atoms with E-state index in [1.807, 2.05) is 24.3 Å². The van der Waals surface area contributed by atoms with E-state index in [0.29, 0.717) is 0 Å². The predicted octanol–water partition coefficient (Wildman–Crippen LogP) is 2.02. The minimum atomic E-state index is 0.820. The van der Waals surface area contributed by atoms with Gasteiger partial charge in [0, 0.05) is 23.3 Å². The van der Waals surface area contributed by atoms with Gasteiger partial charge in [0.05, 0.1) is 11.7 Å². The number of H-pyrrole nitrogens is 1. The minimum absolute atomic E-state index is 0.820. The van der Waals surface area contributed by atoms with E-state index in [1.54, 1.807) is 18.6 Å². The molecule has 0 aliphatic rings. The van der Waals surface area contributed by atoms with Crippen molar-refractivity contribution < 1.29 is 0 Å². The number of nitrogens with one attached hydrogen (secondary N) is 1. The third-order valence-electron chi connectivity index (χ3n) is 2.30. The maximum absolute atomic E-state index is 4.21. The summed E-state index contributed by atoms with van der Waals surface area (Å²) in [5.41, 5.74) is 1.86. The van der Waals surface area contributed by atoms with Crippen LogP contribution in [-0.4, -0.2) is 20.2 Å². The van der Waals surface area contributed by atoms with Crippen molar-refractivity contribution in [1.29, 1.82) is 0 Å². The van der Waals surface area contributed by atoms with E-state index in [0.717, 1.165) is 22.3 Å². The van der Waals surface area contributed by atoms with Gasteiger partial charge in [-0.15, -0.1) is 0 Å². The molecule has 2 aromatic heterocycles. The van der Waals surface area contributed by atoms with E-state index >= 15 is 0 Å². The smallest absolute Gasteiger partial charge is 0.139 e. The van der Waals surface area contributed by atoms with Crippen LogP contribution in [0.5, 0.6) is 0 Å². The lowest BCUT2D eigenvalue weighted by atomic mass is 10.1. The standard InChI is InChI=1S/C11H8N4/c1-2-4-10-8(3-1)9(7-14-15-10)11-12-5-6-13-11/h1-7H,(H,12,13). The Kier molecular flexibility index (Phi) is 1.71. The number of nitrogens with zero attached hydrogens (tertiary/aromatic N) is 3. The monoisotopic (exact) mass is 196 g/mol. The maximum Gasteiger partial charge on any atom is 0.139 e. The lowest BCUT2D eigenvalue weighted by molar-refractivity contribution is 1.07. The first-order valence-electron chi connectivity index (χ1n) is 4.65. The summed E-state index contributed by atoms with van der Waals surface area (Å²) >= 11 is 0. The summed E-state index contributed by atoms with van der Waals surface area (Å²) < 4.78 is 0. The van der Waals surface area contributed by atoms with Gasteiger partial charge in [-0.25, -0.2) is 4.98 Å². The minimum Gasteiger partial charge on any atom is -0.345 e. The van der Waals surface area contributed by atoms with E-state index in [-0.39, 0.29) is 0 Å².